The molecule has 0 unspecified atom stereocenters. The number of benzene rings is 1. The van der Waals surface area contributed by atoms with Crippen LogP contribution in [0.5, 0.6) is 0 Å². The van der Waals surface area contributed by atoms with Gasteiger partial charge < -0.3 is 26.6 Å². The van der Waals surface area contributed by atoms with Crippen LogP contribution in [0.3, 0.4) is 0 Å². The molecule has 1 aromatic carbocycles. The number of primary amides is 1. The molecule has 2 heterocycles. The minimum atomic E-state index is -4.69. The van der Waals surface area contributed by atoms with Gasteiger partial charge in [0.15, 0.2) is 0 Å². The summed E-state index contributed by atoms with van der Waals surface area (Å²) in [4.78, 5) is 35.7. The molecule has 2 amide bonds. The number of nitrogens with one attached hydrogen (secondary N) is 1. The number of amides is 2. The highest BCUT2D eigenvalue weighted by Gasteiger charge is 2.32. The number of piperidine rings is 1. The van der Waals surface area contributed by atoms with Crippen LogP contribution in [0, 0.1) is 0 Å². The molecular formula is C20H24F3N7O2. The summed E-state index contributed by atoms with van der Waals surface area (Å²) in [6.07, 6.45) is -1.79. The minimum absolute atomic E-state index is 0.0655. The predicted octanol–water partition coefficient (Wildman–Crippen LogP) is 1.97. The zero-order chi connectivity index (χ0) is 23.6. The molecule has 1 aromatic heterocycles. The van der Waals surface area contributed by atoms with Crippen molar-refractivity contribution in [2.24, 2.45) is 11.5 Å². The van der Waals surface area contributed by atoms with Gasteiger partial charge in [-0.15, -0.1) is 0 Å². The molecule has 172 valence electrons. The average molecular weight is 451 g/mol. The van der Waals surface area contributed by atoms with E-state index in [0.29, 0.717) is 13.1 Å². The fraction of sp³-hybridized carbons (Fsp3) is 0.400. The third kappa shape index (κ3) is 5.25. The van der Waals surface area contributed by atoms with Gasteiger partial charge in [0.25, 0.3) is 11.8 Å². The number of carbonyl (C=O) groups is 2. The van der Waals surface area contributed by atoms with E-state index in [1.165, 1.54) is 26.4 Å². The van der Waals surface area contributed by atoms with Crippen molar-refractivity contribution in [2.45, 2.75) is 25.1 Å². The Morgan fingerprint density at radius 1 is 1.25 bits per heavy atom. The number of hydrogen-bond donors (Lipinski definition) is 3. The average Bonchev–Trinajstić information content (AvgIpc) is 2.72. The first-order valence-corrected chi connectivity index (χ1v) is 9.84. The normalized spacial score (nSPS) is 16.6. The Balaban J connectivity index is 2.04. The molecule has 1 aliphatic heterocycles. The van der Waals surface area contributed by atoms with Crippen molar-refractivity contribution >= 4 is 29.3 Å². The van der Waals surface area contributed by atoms with Gasteiger partial charge in [0, 0.05) is 50.7 Å². The molecule has 9 nitrogen and oxygen atoms in total. The minimum Gasteiger partial charge on any atom is -0.365 e. The molecule has 0 radical (unpaired) electrons. The van der Waals surface area contributed by atoms with E-state index in [0.717, 1.165) is 29.9 Å². The smallest absolute Gasteiger partial charge is 0.365 e. The molecule has 0 aliphatic carbocycles. The Morgan fingerprint density at radius 3 is 2.56 bits per heavy atom. The van der Waals surface area contributed by atoms with Crippen molar-refractivity contribution < 1.29 is 22.8 Å². The van der Waals surface area contributed by atoms with Crippen LogP contribution in [-0.4, -0.2) is 59.9 Å². The summed E-state index contributed by atoms with van der Waals surface area (Å²) in [5.74, 6) is -1.26. The number of nitrogens with zero attached hydrogens (tertiary/aromatic N) is 4. The lowest BCUT2D eigenvalue weighted by molar-refractivity contribution is -0.137. The Bertz CT molecular complexity index is 1030. The van der Waals surface area contributed by atoms with Crippen molar-refractivity contribution in [3.8, 4) is 0 Å². The molecule has 32 heavy (non-hydrogen) atoms. The van der Waals surface area contributed by atoms with Gasteiger partial charge in [-0.05, 0) is 31.0 Å². The van der Waals surface area contributed by atoms with Gasteiger partial charge in [-0.3, -0.25) is 9.59 Å². The monoisotopic (exact) mass is 451 g/mol. The number of halogens is 3. The van der Waals surface area contributed by atoms with E-state index in [9.17, 15) is 22.8 Å². The molecule has 2 aromatic rings. The summed E-state index contributed by atoms with van der Waals surface area (Å²) in [6.45, 7) is 1.15. The van der Waals surface area contributed by atoms with Crippen LogP contribution in [0.1, 0.15) is 39.1 Å². The van der Waals surface area contributed by atoms with Crippen LogP contribution >= 0.6 is 0 Å². The summed E-state index contributed by atoms with van der Waals surface area (Å²) in [6, 6.07) is 2.78. The second-order valence-corrected chi connectivity index (χ2v) is 7.77. The number of aromatic nitrogens is 2. The zero-order valence-corrected chi connectivity index (χ0v) is 17.6. The van der Waals surface area contributed by atoms with Crippen LogP contribution in [0.15, 0.2) is 24.4 Å². The molecule has 0 bridgehead atoms. The summed E-state index contributed by atoms with van der Waals surface area (Å²) in [5, 5.41) is 2.71. The number of nitrogens with two attached hydrogens (primary N) is 2. The second-order valence-electron chi connectivity index (χ2n) is 7.77. The second kappa shape index (κ2) is 8.99. The number of alkyl halides is 3. The topological polar surface area (TPSA) is 130 Å². The molecule has 0 saturated carbocycles. The fourth-order valence-electron chi connectivity index (χ4n) is 3.37. The summed E-state index contributed by atoms with van der Waals surface area (Å²) >= 11 is 0. The Labute approximate surface area is 182 Å². The van der Waals surface area contributed by atoms with Crippen LogP contribution in [0.4, 0.5) is 30.6 Å². The zero-order valence-electron chi connectivity index (χ0n) is 17.6. The maximum atomic E-state index is 13.4. The van der Waals surface area contributed by atoms with Gasteiger partial charge in [0.1, 0.15) is 11.4 Å². The van der Waals surface area contributed by atoms with Crippen LogP contribution in [0.2, 0.25) is 0 Å². The van der Waals surface area contributed by atoms with Gasteiger partial charge in [-0.1, -0.05) is 0 Å². The van der Waals surface area contributed by atoms with E-state index >= 15 is 0 Å². The molecule has 1 saturated heterocycles. The molecule has 0 spiro atoms. The van der Waals surface area contributed by atoms with E-state index in [1.54, 1.807) is 0 Å². The van der Waals surface area contributed by atoms with Crippen molar-refractivity contribution in [2.75, 3.05) is 37.4 Å². The quantitative estimate of drug-likeness (QED) is 0.634. The lowest BCUT2D eigenvalue weighted by Crippen LogP contribution is -2.43. The molecule has 1 fully saturated rings. The highest BCUT2D eigenvalue weighted by Crippen LogP contribution is 2.33. The Morgan fingerprint density at radius 2 is 1.97 bits per heavy atom. The Hall–Kier alpha value is -3.41. The van der Waals surface area contributed by atoms with E-state index in [4.69, 9.17) is 11.5 Å². The van der Waals surface area contributed by atoms with Gasteiger partial charge in [0.2, 0.25) is 5.95 Å². The summed E-state index contributed by atoms with van der Waals surface area (Å²) in [5.41, 5.74) is 10.0. The highest BCUT2D eigenvalue weighted by atomic mass is 19.4. The van der Waals surface area contributed by atoms with Crippen molar-refractivity contribution in [3.63, 3.8) is 0 Å². The fourth-order valence-corrected chi connectivity index (χ4v) is 3.37. The molecule has 12 heteroatoms. The van der Waals surface area contributed by atoms with Gasteiger partial charge in [-0.25, -0.2) is 4.98 Å². The third-order valence-electron chi connectivity index (χ3n) is 4.96. The van der Waals surface area contributed by atoms with E-state index in [2.05, 4.69) is 15.3 Å². The summed E-state index contributed by atoms with van der Waals surface area (Å²) in [7, 11) is 2.86. The standard InChI is InChI=1S/C20H24F3N7O2/c1-29(2)18(32)11-6-12(20(21,22)23)8-14(7-11)27-17-15(16(25)31)9-26-19(28-17)30-5-3-4-13(24)10-30/h6-9,13H,3-5,10,24H2,1-2H3,(H2,25,31)(H,26,27,28)/t13-/m0/s1. The van der Waals surface area contributed by atoms with Crippen molar-refractivity contribution in [1.82, 2.24) is 14.9 Å². The van der Waals surface area contributed by atoms with E-state index < -0.39 is 23.6 Å². The van der Waals surface area contributed by atoms with Crippen LogP contribution in [0.25, 0.3) is 0 Å². The SMILES string of the molecule is CN(C)C(=O)c1cc(Nc2nc(N3CCC[C@H](N)C3)ncc2C(N)=O)cc(C(F)(F)F)c1. The predicted molar refractivity (Wildman–Crippen MR) is 113 cm³/mol. The number of hydrogen-bond acceptors (Lipinski definition) is 7. The molecule has 5 N–H and O–H groups in total. The van der Waals surface area contributed by atoms with E-state index in [1.807, 2.05) is 4.90 Å². The maximum absolute atomic E-state index is 13.4. The first-order valence-electron chi connectivity index (χ1n) is 9.84. The molecule has 3 rings (SSSR count). The highest BCUT2D eigenvalue weighted by molar-refractivity contribution is 5.99. The lowest BCUT2D eigenvalue weighted by atomic mass is 10.1. The first kappa shape index (κ1) is 23.3. The van der Waals surface area contributed by atoms with Crippen LogP contribution < -0.4 is 21.7 Å². The third-order valence-corrected chi connectivity index (χ3v) is 4.96. The lowest BCUT2D eigenvalue weighted by Gasteiger charge is -2.31. The molecule has 1 atom stereocenters. The van der Waals surface area contributed by atoms with Crippen molar-refractivity contribution in [3.05, 3.63) is 41.1 Å². The molecular weight excluding hydrogens is 427 g/mol. The Kier molecular flexibility index (Phi) is 6.53. The number of anilines is 3. The first-order chi connectivity index (χ1) is 15.0. The number of rotatable bonds is 5. The van der Waals surface area contributed by atoms with Crippen molar-refractivity contribution in [1.29, 1.82) is 0 Å². The van der Waals surface area contributed by atoms with Gasteiger partial charge >= 0.3 is 6.18 Å². The maximum Gasteiger partial charge on any atom is 0.416 e. The van der Waals surface area contributed by atoms with Gasteiger partial charge in [0.05, 0.1) is 5.56 Å². The number of carbonyl (C=O) groups excluding carboxylic acids is 2. The largest absolute Gasteiger partial charge is 0.416 e. The van der Waals surface area contributed by atoms with E-state index in [-0.39, 0.29) is 34.6 Å². The molecule has 1 aliphatic rings. The van der Waals surface area contributed by atoms with Gasteiger partial charge in [-0.2, -0.15) is 18.2 Å². The summed E-state index contributed by atoms with van der Waals surface area (Å²) < 4.78 is 40.3. The van der Waals surface area contributed by atoms with Crippen LogP contribution in [-0.2, 0) is 6.18 Å².